The van der Waals surface area contributed by atoms with Crippen LogP contribution in [-0.2, 0) is 10.0 Å². The van der Waals surface area contributed by atoms with E-state index >= 15 is 0 Å². The summed E-state index contributed by atoms with van der Waals surface area (Å²) < 4.78 is 28.5. The van der Waals surface area contributed by atoms with E-state index < -0.39 is 10.0 Å². The number of hydrogen-bond donors (Lipinski definition) is 0. The number of nitrogens with zero attached hydrogens (tertiary/aromatic N) is 1. The number of aryl methyl sites for hydroxylation is 3. The predicted octanol–water partition coefficient (Wildman–Crippen LogP) is 5.61. The first kappa shape index (κ1) is 17.1. The zero-order valence-electron chi connectivity index (χ0n) is 14.7. The van der Waals surface area contributed by atoms with Crippen molar-refractivity contribution >= 4 is 43.4 Å². The van der Waals surface area contributed by atoms with Crippen LogP contribution >= 0.6 is 11.6 Å². The van der Waals surface area contributed by atoms with E-state index in [-0.39, 0.29) is 4.90 Å². The zero-order valence-corrected chi connectivity index (χ0v) is 16.3. The summed E-state index contributed by atoms with van der Waals surface area (Å²) in [6, 6.07) is 16.0. The van der Waals surface area contributed by atoms with Crippen LogP contribution in [0.5, 0.6) is 0 Å². The first-order chi connectivity index (χ1) is 12.3. The van der Waals surface area contributed by atoms with Crippen LogP contribution in [-0.4, -0.2) is 12.4 Å². The molecule has 0 spiro atoms. The molecule has 0 saturated heterocycles. The number of rotatable bonds is 2. The molecule has 5 heteroatoms. The Morgan fingerprint density at radius 2 is 1.58 bits per heavy atom. The molecule has 0 atom stereocenters. The molecule has 4 aromatic rings. The first-order valence-corrected chi connectivity index (χ1v) is 10.2. The van der Waals surface area contributed by atoms with Gasteiger partial charge in [-0.05, 0) is 67.8 Å². The summed E-state index contributed by atoms with van der Waals surface area (Å²) in [6.45, 7) is 5.98. The smallest absolute Gasteiger partial charge is 0.233 e. The lowest BCUT2D eigenvalue weighted by Gasteiger charge is -2.12. The molecule has 0 radical (unpaired) electrons. The Labute approximate surface area is 157 Å². The van der Waals surface area contributed by atoms with Crippen LogP contribution in [0.25, 0.3) is 21.8 Å². The monoisotopic (exact) mass is 383 g/mol. The molecule has 3 nitrogen and oxygen atoms in total. The Hall–Kier alpha value is -2.30. The molecular formula is C21H18ClNO2S. The minimum Gasteiger partial charge on any atom is -0.233 e. The van der Waals surface area contributed by atoms with Gasteiger partial charge < -0.3 is 0 Å². The van der Waals surface area contributed by atoms with Gasteiger partial charge in [-0.1, -0.05) is 35.9 Å². The van der Waals surface area contributed by atoms with Gasteiger partial charge in [-0.2, -0.15) is 0 Å². The van der Waals surface area contributed by atoms with E-state index in [1.54, 1.807) is 36.4 Å². The van der Waals surface area contributed by atoms with E-state index in [2.05, 4.69) is 6.07 Å². The molecule has 26 heavy (non-hydrogen) atoms. The number of halogens is 1. The molecule has 0 N–H and O–H groups in total. The molecule has 0 amide bonds. The summed E-state index contributed by atoms with van der Waals surface area (Å²) in [4.78, 5) is 0.271. The standard InChI is InChI=1S/C21H18ClNO2S/c1-13-11-14(2)20-18-12-16(22)9-10-19(18)23(21(20)15(13)3)26(24,25)17-7-5-4-6-8-17/h4-12H,1-3H3. The molecule has 4 rings (SSSR count). The Morgan fingerprint density at radius 3 is 2.27 bits per heavy atom. The largest absolute Gasteiger partial charge is 0.268 e. The number of aromatic nitrogens is 1. The van der Waals surface area contributed by atoms with E-state index in [0.29, 0.717) is 10.5 Å². The van der Waals surface area contributed by atoms with Crippen molar-refractivity contribution in [2.45, 2.75) is 25.7 Å². The minimum atomic E-state index is -3.74. The fourth-order valence-electron chi connectivity index (χ4n) is 3.61. The molecule has 132 valence electrons. The van der Waals surface area contributed by atoms with Gasteiger partial charge in [0, 0.05) is 15.8 Å². The molecule has 0 aliphatic carbocycles. The number of hydrogen-bond acceptors (Lipinski definition) is 2. The first-order valence-electron chi connectivity index (χ1n) is 8.33. The Kier molecular flexibility index (Phi) is 3.86. The van der Waals surface area contributed by atoms with Crippen molar-refractivity contribution in [3.8, 4) is 0 Å². The van der Waals surface area contributed by atoms with Crippen LogP contribution in [0, 0.1) is 20.8 Å². The van der Waals surface area contributed by atoms with Gasteiger partial charge in [-0.3, -0.25) is 0 Å². The average Bonchev–Trinajstić information content (AvgIpc) is 2.96. The summed E-state index contributed by atoms with van der Waals surface area (Å²) in [7, 11) is -3.74. The van der Waals surface area contributed by atoms with Crippen LogP contribution in [0.4, 0.5) is 0 Å². The van der Waals surface area contributed by atoms with Gasteiger partial charge in [0.25, 0.3) is 10.0 Å². The Bertz CT molecular complexity index is 1270. The molecular weight excluding hydrogens is 366 g/mol. The van der Waals surface area contributed by atoms with Crippen LogP contribution < -0.4 is 0 Å². The van der Waals surface area contributed by atoms with Crippen molar-refractivity contribution in [3.63, 3.8) is 0 Å². The fraction of sp³-hybridized carbons (Fsp3) is 0.143. The highest BCUT2D eigenvalue weighted by atomic mass is 35.5. The van der Waals surface area contributed by atoms with Crippen molar-refractivity contribution in [1.29, 1.82) is 0 Å². The maximum absolute atomic E-state index is 13.5. The maximum Gasteiger partial charge on any atom is 0.268 e. The summed E-state index contributed by atoms with van der Waals surface area (Å²) in [6.07, 6.45) is 0. The van der Waals surface area contributed by atoms with Crippen molar-refractivity contribution in [3.05, 3.63) is 76.3 Å². The lowest BCUT2D eigenvalue weighted by atomic mass is 10.0. The lowest BCUT2D eigenvalue weighted by molar-refractivity contribution is 0.590. The highest BCUT2D eigenvalue weighted by Crippen LogP contribution is 2.38. The van der Waals surface area contributed by atoms with Crippen LogP contribution in [0.1, 0.15) is 16.7 Å². The van der Waals surface area contributed by atoms with Gasteiger partial charge in [0.1, 0.15) is 0 Å². The molecule has 0 bridgehead atoms. The van der Waals surface area contributed by atoms with Crippen molar-refractivity contribution in [2.75, 3.05) is 0 Å². The van der Waals surface area contributed by atoms with E-state index in [1.165, 1.54) is 3.97 Å². The molecule has 0 aliphatic heterocycles. The summed E-state index contributed by atoms with van der Waals surface area (Å²) in [5.41, 5.74) is 4.43. The third-order valence-electron chi connectivity index (χ3n) is 4.94. The van der Waals surface area contributed by atoms with Crippen molar-refractivity contribution < 1.29 is 8.42 Å². The van der Waals surface area contributed by atoms with Gasteiger partial charge in [0.05, 0.1) is 15.9 Å². The summed E-state index contributed by atoms with van der Waals surface area (Å²) in [5, 5.41) is 2.38. The second kappa shape index (κ2) is 5.86. The molecule has 0 fully saturated rings. The zero-order chi connectivity index (χ0) is 18.6. The van der Waals surface area contributed by atoms with Gasteiger partial charge in [-0.15, -0.1) is 0 Å². The lowest BCUT2D eigenvalue weighted by Crippen LogP contribution is -2.13. The fourth-order valence-corrected chi connectivity index (χ4v) is 5.38. The maximum atomic E-state index is 13.5. The second-order valence-electron chi connectivity index (χ2n) is 6.60. The van der Waals surface area contributed by atoms with Gasteiger partial charge in [0.2, 0.25) is 0 Å². The molecule has 1 aromatic heterocycles. The van der Waals surface area contributed by atoms with Crippen molar-refractivity contribution in [1.82, 2.24) is 3.97 Å². The van der Waals surface area contributed by atoms with Gasteiger partial charge in [-0.25, -0.2) is 12.4 Å². The summed E-state index contributed by atoms with van der Waals surface area (Å²) in [5.74, 6) is 0. The Balaban J connectivity index is 2.28. The van der Waals surface area contributed by atoms with Gasteiger partial charge in [0.15, 0.2) is 0 Å². The molecule has 3 aromatic carbocycles. The highest BCUT2D eigenvalue weighted by Gasteiger charge is 2.25. The molecule has 0 saturated carbocycles. The number of fused-ring (bicyclic) bond motifs is 3. The highest BCUT2D eigenvalue weighted by molar-refractivity contribution is 7.90. The normalized spacial score (nSPS) is 12.2. The Morgan fingerprint density at radius 1 is 0.885 bits per heavy atom. The third kappa shape index (κ3) is 2.37. The molecule has 0 unspecified atom stereocenters. The topological polar surface area (TPSA) is 39.1 Å². The van der Waals surface area contributed by atoms with Crippen molar-refractivity contribution in [2.24, 2.45) is 0 Å². The quantitative estimate of drug-likeness (QED) is 0.451. The van der Waals surface area contributed by atoms with Crippen LogP contribution in [0.2, 0.25) is 5.02 Å². The average molecular weight is 384 g/mol. The van der Waals surface area contributed by atoms with Gasteiger partial charge >= 0.3 is 0 Å². The van der Waals surface area contributed by atoms with Crippen LogP contribution in [0.3, 0.4) is 0 Å². The SMILES string of the molecule is Cc1cc(C)c2c3cc(Cl)ccc3n(S(=O)(=O)c3ccccc3)c2c1C. The molecule has 1 heterocycles. The summed E-state index contributed by atoms with van der Waals surface area (Å²) >= 11 is 6.22. The molecule has 0 aliphatic rings. The second-order valence-corrected chi connectivity index (χ2v) is 8.83. The predicted molar refractivity (Wildman–Crippen MR) is 108 cm³/mol. The minimum absolute atomic E-state index is 0.271. The van der Waals surface area contributed by atoms with E-state index in [1.807, 2.05) is 32.9 Å². The van der Waals surface area contributed by atoms with Crippen LogP contribution in [0.15, 0.2) is 59.5 Å². The third-order valence-corrected chi connectivity index (χ3v) is 6.91. The van der Waals surface area contributed by atoms with E-state index in [4.69, 9.17) is 11.6 Å². The number of benzene rings is 3. The van der Waals surface area contributed by atoms with E-state index in [0.717, 1.165) is 33.0 Å². The van der Waals surface area contributed by atoms with E-state index in [9.17, 15) is 8.42 Å².